The van der Waals surface area contributed by atoms with E-state index in [0.717, 1.165) is 0 Å². The van der Waals surface area contributed by atoms with Crippen LogP contribution in [-0.2, 0) is 9.59 Å². The maximum atomic E-state index is 12.2. The van der Waals surface area contributed by atoms with Crippen molar-refractivity contribution in [2.24, 2.45) is 0 Å². The van der Waals surface area contributed by atoms with Crippen molar-refractivity contribution in [1.29, 1.82) is 0 Å². The van der Waals surface area contributed by atoms with Crippen LogP contribution in [0.2, 0.25) is 0 Å². The van der Waals surface area contributed by atoms with E-state index in [9.17, 15) is 9.59 Å². The smallest absolute Gasteiger partial charge is 0.263 e. The Balaban J connectivity index is 1.93. The molecule has 0 saturated carbocycles. The maximum Gasteiger partial charge on any atom is 0.263 e. The van der Waals surface area contributed by atoms with Crippen LogP contribution in [0.5, 0.6) is 5.75 Å². The average Bonchev–Trinajstić information content (AvgIpc) is 2.64. The molecular formula is C14H18N2O3. The summed E-state index contributed by atoms with van der Waals surface area (Å²) in [6.07, 6.45) is -0.195. The van der Waals surface area contributed by atoms with Crippen LogP contribution >= 0.6 is 0 Å². The third-order valence-corrected chi connectivity index (χ3v) is 3.03. The third kappa shape index (κ3) is 3.71. The molecule has 2 rings (SSSR count). The largest absolute Gasteiger partial charge is 0.481 e. The Morgan fingerprint density at radius 1 is 1.32 bits per heavy atom. The molecule has 5 nitrogen and oxygen atoms in total. The van der Waals surface area contributed by atoms with Gasteiger partial charge < -0.3 is 15.0 Å². The molecule has 0 bridgehead atoms. The van der Waals surface area contributed by atoms with Crippen molar-refractivity contribution in [3.63, 3.8) is 0 Å². The van der Waals surface area contributed by atoms with E-state index in [1.807, 2.05) is 30.3 Å². The number of nitrogens with one attached hydrogen (secondary N) is 1. The third-order valence-electron chi connectivity index (χ3n) is 3.03. The number of nitrogens with zero attached hydrogens (tertiary/aromatic N) is 1. The van der Waals surface area contributed by atoms with Gasteiger partial charge in [-0.25, -0.2) is 0 Å². The Hall–Kier alpha value is -2.04. The Morgan fingerprint density at radius 3 is 2.79 bits per heavy atom. The Morgan fingerprint density at radius 2 is 2.05 bits per heavy atom. The van der Waals surface area contributed by atoms with Gasteiger partial charge in [-0.05, 0) is 19.1 Å². The maximum absolute atomic E-state index is 12.2. The lowest BCUT2D eigenvalue weighted by Crippen LogP contribution is -2.42. The van der Waals surface area contributed by atoms with Gasteiger partial charge in [-0.15, -0.1) is 0 Å². The Bertz CT molecular complexity index is 447. The van der Waals surface area contributed by atoms with Crippen LogP contribution in [0.1, 0.15) is 13.3 Å². The highest BCUT2D eigenvalue weighted by atomic mass is 16.5. The predicted octanol–water partition coefficient (Wildman–Crippen LogP) is 0.802. The van der Waals surface area contributed by atoms with Gasteiger partial charge in [-0.1, -0.05) is 18.2 Å². The normalized spacial score (nSPS) is 17.3. The molecule has 1 N–H and O–H groups in total. The lowest BCUT2D eigenvalue weighted by Gasteiger charge is -2.23. The minimum absolute atomic E-state index is 0.00747. The number of amides is 2. The van der Waals surface area contributed by atoms with Gasteiger partial charge in [0.15, 0.2) is 6.10 Å². The number of hydrogen-bond acceptors (Lipinski definition) is 3. The van der Waals surface area contributed by atoms with Crippen molar-refractivity contribution in [1.82, 2.24) is 10.2 Å². The molecule has 1 fully saturated rings. The molecule has 0 aliphatic carbocycles. The van der Waals surface area contributed by atoms with Crippen LogP contribution in [0, 0.1) is 0 Å². The number of ether oxygens (including phenoxy) is 1. The molecule has 2 amide bonds. The average molecular weight is 262 g/mol. The lowest BCUT2D eigenvalue weighted by molar-refractivity contribution is -0.137. The molecule has 0 spiro atoms. The quantitative estimate of drug-likeness (QED) is 0.876. The first-order chi connectivity index (χ1) is 9.16. The highest BCUT2D eigenvalue weighted by Gasteiger charge is 2.24. The van der Waals surface area contributed by atoms with Crippen LogP contribution in [0.4, 0.5) is 0 Å². The van der Waals surface area contributed by atoms with Crippen molar-refractivity contribution in [2.75, 3.05) is 19.6 Å². The molecule has 1 saturated heterocycles. The van der Waals surface area contributed by atoms with Gasteiger partial charge in [0.1, 0.15) is 5.75 Å². The first-order valence-electron chi connectivity index (χ1n) is 6.44. The highest BCUT2D eigenvalue weighted by molar-refractivity contribution is 5.83. The molecule has 1 aromatic carbocycles. The minimum Gasteiger partial charge on any atom is -0.481 e. The van der Waals surface area contributed by atoms with Gasteiger partial charge in [-0.2, -0.15) is 0 Å². The molecule has 1 aliphatic rings. The topological polar surface area (TPSA) is 58.6 Å². The highest BCUT2D eigenvalue weighted by Crippen LogP contribution is 2.12. The van der Waals surface area contributed by atoms with E-state index in [-0.39, 0.29) is 11.8 Å². The number of para-hydroxylation sites is 1. The molecule has 0 radical (unpaired) electrons. The molecule has 1 heterocycles. The van der Waals surface area contributed by atoms with E-state index >= 15 is 0 Å². The molecule has 1 aliphatic heterocycles. The monoisotopic (exact) mass is 262 g/mol. The summed E-state index contributed by atoms with van der Waals surface area (Å²) in [6, 6.07) is 9.25. The predicted molar refractivity (Wildman–Crippen MR) is 70.7 cm³/mol. The van der Waals surface area contributed by atoms with Gasteiger partial charge in [0.05, 0.1) is 0 Å². The molecule has 1 atom stereocenters. The van der Waals surface area contributed by atoms with E-state index in [0.29, 0.717) is 31.8 Å². The van der Waals surface area contributed by atoms with E-state index in [2.05, 4.69) is 5.32 Å². The number of rotatable bonds is 3. The van der Waals surface area contributed by atoms with Gasteiger partial charge in [0.25, 0.3) is 5.91 Å². The second-order valence-electron chi connectivity index (χ2n) is 4.50. The van der Waals surface area contributed by atoms with E-state index in [1.165, 1.54) is 0 Å². The summed E-state index contributed by atoms with van der Waals surface area (Å²) in [7, 11) is 0. The molecule has 5 heteroatoms. The zero-order valence-corrected chi connectivity index (χ0v) is 11.0. The lowest BCUT2D eigenvalue weighted by atomic mass is 10.3. The van der Waals surface area contributed by atoms with Gasteiger partial charge in [-0.3, -0.25) is 9.59 Å². The van der Waals surface area contributed by atoms with Crippen LogP contribution < -0.4 is 10.1 Å². The molecule has 1 unspecified atom stereocenters. The number of carbonyl (C=O) groups excluding carboxylic acids is 2. The number of benzene rings is 1. The fourth-order valence-corrected chi connectivity index (χ4v) is 2.00. The Labute approximate surface area is 112 Å². The second-order valence-corrected chi connectivity index (χ2v) is 4.50. The second kappa shape index (κ2) is 6.22. The molecule has 102 valence electrons. The Kier molecular flexibility index (Phi) is 4.39. The zero-order chi connectivity index (χ0) is 13.7. The standard InChI is InChI=1S/C14H18N2O3/c1-11(19-12-5-3-2-4-6-12)14(18)16-9-7-13(17)15-8-10-16/h2-6,11H,7-10H2,1H3,(H,15,17). The van der Waals surface area contributed by atoms with Crippen molar-refractivity contribution < 1.29 is 14.3 Å². The summed E-state index contributed by atoms with van der Waals surface area (Å²) in [5.74, 6) is 0.583. The number of hydrogen-bond donors (Lipinski definition) is 1. The summed E-state index contributed by atoms with van der Waals surface area (Å²) in [6.45, 7) is 3.22. The molecular weight excluding hydrogens is 244 g/mol. The van der Waals surface area contributed by atoms with E-state index in [1.54, 1.807) is 11.8 Å². The summed E-state index contributed by atoms with van der Waals surface area (Å²) in [5.41, 5.74) is 0. The fraction of sp³-hybridized carbons (Fsp3) is 0.429. The molecule has 19 heavy (non-hydrogen) atoms. The van der Waals surface area contributed by atoms with Crippen LogP contribution in [0.25, 0.3) is 0 Å². The molecule has 0 aromatic heterocycles. The van der Waals surface area contributed by atoms with E-state index < -0.39 is 6.10 Å². The molecule has 1 aromatic rings. The van der Waals surface area contributed by atoms with Crippen LogP contribution in [0.3, 0.4) is 0 Å². The summed E-state index contributed by atoms with van der Waals surface area (Å²) < 4.78 is 5.60. The summed E-state index contributed by atoms with van der Waals surface area (Å²) in [4.78, 5) is 25.1. The summed E-state index contributed by atoms with van der Waals surface area (Å²) in [5, 5.41) is 2.74. The van der Waals surface area contributed by atoms with Crippen molar-refractivity contribution in [3.05, 3.63) is 30.3 Å². The number of carbonyl (C=O) groups is 2. The minimum atomic E-state index is -0.546. The van der Waals surface area contributed by atoms with Gasteiger partial charge >= 0.3 is 0 Å². The van der Waals surface area contributed by atoms with Crippen LogP contribution in [0.15, 0.2) is 30.3 Å². The first-order valence-corrected chi connectivity index (χ1v) is 6.44. The van der Waals surface area contributed by atoms with Gasteiger partial charge in [0.2, 0.25) is 5.91 Å². The SMILES string of the molecule is CC(Oc1ccccc1)C(=O)N1CCNC(=O)CC1. The van der Waals surface area contributed by atoms with Gasteiger partial charge in [0, 0.05) is 26.1 Å². The first kappa shape index (κ1) is 13.4. The van der Waals surface area contributed by atoms with Crippen molar-refractivity contribution >= 4 is 11.8 Å². The van der Waals surface area contributed by atoms with E-state index in [4.69, 9.17) is 4.74 Å². The van der Waals surface area contributed by atoms with Crippen molar-refractivity contribution in [2.45, 2.75) is 19.4 Å². The summed E-state index contributed by atoms with van der Waals surface area (Å²) >= 11 is 0. The van der Waals surface area contributed by atoms with Crippen molar-refractivity contribution in [3.8, 4) is 5.75 Å². The fourth-order valence-electron chi connectivity index (χ4n) is 2.00. The van der Waals surface area contributed by atoms with Crippen LogP contribution in [-0.4, -0.2) is 42.5 Å². The zero-order valence-electron chi connectivity index (χ0n) is 11.0.